The number of hydrogen-bond acceptors (Lipinski definition) is 7. The molecular formula is C24H40O7. The fraction of sp³-hybridized carbons (Fsp3) is 0.833. The lowest BCUT2D eigenvalue weighted by atomic mass is 10.0. The van der Waals surface area contributed by atoms with Crippen LogP contribution in [0.3, 0.4) is 0 Å². The van der Waals surface area contributed by atoms with Gasteiger partial charge in [-0.2, -0.15) is 0 Å². The number of carbonyl (C=O) groups is 2. The summed E-state index contributed by atoms with van der Waals surface area (Å²) in [5, 5.41) is 10.2. The third kappa shape index (κ3) is 9.50. The molecule has 0 aromatic heterocycles. The zero-order chi connectivity index (χ0) is 22.3. The number of aliphatic hydroxyl groups excluding tert-OH is 1. The molecule has 0 bridgehead atoms. The van der Waals surface area contributed by atoms with E-state index in [-0.39, 0.29) is 37.3 Å². The molecule has 178 valence electrons. The molecule has 2 rings (SSSR count). The minimum absolute atomic E-state index is 0.00796. The summed E-state index contributed by atoms with van der Waals surface area (Å²) >= 11 is 0. The van der Waals surface area contributed by atoms with Crippen LogP contribution in [-0.2, 0) is 28.5 Å². The molecule has 0 fully saturated rings. The molecule has 0 amide bonds. The molecule has 7 heteroatoms. The third-order valence-electron chi connectivity index (χ3n) is 5.74. The van der Waals surface area contributed by atoms with Crippen molar-refractivity contribution in [3.05, 3.63) is 11.5 Å². The highest BCUT2D eigenvalue weighted by molar-refractivity contribution is 5.89. The molecule has 2 heterocycles. The minimum atomic E-state index is -1.17. The van der Waals surface area contributed by atoms with E-state index in [1.54, 1.807) is 0 Å². The molecule has 0 unspecified atom stereocenters. The number of aliphatic hydroxyl groups is 1. The molecule has 0 spiro atoms. The van der Waals surface area contributed by atoms with Crippen LogP contribution in [0.1, 0.15) is 96.8 Å². The van der Waals surface area contributed by atoms with Gasteiger partial charge < -0.3 is 24.1 Å². The number of carbonyl (C=O) groups excluding carboxylic acids is 2. The van der Waals surface area contributed by atoms with E-state index >= 15 is 0 Å². The Morgan fingerprint density at radius 1 is 0.935 bits per heavy atom. The fourth-order valence-electron chi connectivity index (χ4n) is 3.90. The maximum absolute atomic E-state index is 11.9. The second-order valence-corrected chi connectivity index (χ2v) is 8.46. The second kappa shape index (κ2) is 15.1. The maximum atomic E-state index is 11.9. The van der Waals surface area contributed by atoms with Crippen molar-refractivity contribution in [2.45, 2.75) is 109 Å². The predicted molar refractivity (Wildman–Crippen MR) is 116 cm³/mol. The van der Waals surface area contributed by atoms with E-state index in [1.165, 1.54) is 64.2 Å². The van der Waals surface area contributed by atoms with Crippen molar-refractivity contribution in [2.75, 3.05) is 19.8 Å². The van der Waals surface area contributed by atoms with Crippen molar-refractivity contribution in [3.63, 3.8) is 0 Å². The van der Waals surface area contributed by atoms with Crippen LogP contribution in [0, 0.1) is 0 Å². The molecular weight excluding hydrogens is 400 g/mol. The Kier molecular flexibility index (Phi) is 12.4. The van der Waals surface area contributed by atoms with Gasteiger partial charge in [0.15, 0.2) is 11.9 Å². The lowest BCUT2D eigenvalue weighted by Gasteiger charge is -2.21. The molecule has 2 atom stereocenters. The van der Waals surface area contributed by atoms with Gasteiger partial charge in [0.2, 0.25) is 5.76 Å². The normalized spacial score (nSPS) is 18.8. The van der Waals surface area contributed by atoms with Gasteiger partial charge in [-0.25, -0.2) is 4.79 Å². The summed E-state index contributed by atoms with van der Waals surface area (Å²) in [7, 11) is 0. The first-order valence-corrected chi connectivity index (χ1v) is 12.2. The highest BCUT2D eigenvalue weighted by Gasteiger charge is 2.43. The number of unbranched alkanes of at least 4 members (excludes halogenated alkanes) is 12. The third-order valence-corrected chi connectivity index (χ3v) is 5.74. The van der Waals surface area contributed by atoms with Crippen molar-refractivity contribution in [2.24, 2.45) is 0 Å². The van der Waals surface area contributed by atoms with Crippen molar-refractivity contribution in [1.82, 2.24) is 0 Å². The van der Waals surface area contributed by atoms with Gasteiger partial charge in [-0.3, -0.25) is 4.79 Å². The Morgan fingerprint density at radius 2 is 1.48 bits per heavy atom. The molecule has 0 aliphatic carbocycles. The Morgan fingerprint density at radius 3 is 2.10 bits per heavy atom. The fourth-order valence-corrected chi connectivity index (χ4v) is 3.90. The topological polar surface area (TPSA) is 91.3 Å². The number of esters is 2. The zero-order valence-corrected chi connectivity index (χ0v) is 19.1. The van der Waals surface area contributed by atoms with Crippen molar-refractivity contribution < 1.29 is 33.6 Å². The van der Waals surface area contributed by atoms with Crippen LogP contribution in [-0.4, -0.2) is 49.1 Å². The summed E-state index contributed by atoms with van der Waals surface area (Å²) in [5.74, 6) is -0.802. The van der Waals surface area contributed by atoms with Crippen LogP contribution in [0.15, 0.2) is 11.5 Å². The smallest absolute Gasteiger partial charge is 0.378 e. The van der Waals surface area contributed by atoms with E-state index in [2.05, 4.69) is 6.92 Å². The maximum Gasteiger partial charge on any atom is 0.378 e. The quantitative estimate of drug-likeness (QED) is 0.262. The Hall–Kier alpha value is -1.76. The van der Waals surface area contributed by atoms with Gasteiger partial charge in [-0.1, -0.05) is 84.0 Å². The molecule has 0 aromatic rings. The van der Waals surface area contributed by atoms with Crippen LogP contribution in [0.2, 0.25) is 0 Å². The lowest BCUT2D eigenvalue weighted by Crippen LogP contribution is -2.34. The molecule has 1 N–H and O–H groups in total. The van der Waals surface area contributed by atoms with Gasteiger partial charge in [0.1, 0.15) is 25.9 Å². The summed E-state index contributed by atoms with van der Waals surface area (Å²) in [6.45, 7) is 2.57. The van der Waals surface area contributed by atoms with E-state index in [4.69, 9.17) is 18.9 Å². The van der Waals surface area contributed by atoms with Crippen molar-refractivity contribution >= 4 is 11.9 Å². The van der Waals surface area contributed by atoms with Gasteiger partial charge in [-0.05, 0) is 6.42 Å². The predicted octanol–water partition coefficient (Wildman–Crippen LogP) is 4.56. The van der Waals surface area contributed by atoms with Crippen molar-refractivity contribution in [3.8, 4) is 0 Å². The summed E-state index contributed by atoms with van der Waals surface area (Å²) < 4.78 is 20.8. The minimum Gasteiger partial charge on any atom is -0.486 e. The van der Waals surface area contributed by atoms with Crippen LogP contribution in [0.4, 0.5) is 0 Å². The molecule has 0 aromatic carbocycles. The summed E-state index contributed by atoms with van der Waals surface area (Å²) in [6.07, 6.45) is 14.4. The molecule has 2 aliphatic rings. The van der Waals surface area contributed by atoms with Crippen LogP contribution >= 0.6 is 0 Å². The van der Waals surface area contributed by atoms with Gasteiger partial charge in [0, 0.05) is 6.42 Å². The van der Waals surface area contributed by atoms with E-state index in [0.717, 1.165) is 19.3 Å². The van der Waals surface area contributed by atoms with E-state index < -0.39 is 18.2 Å². The first-order chi connectivity index (χ1) is 15.1. The number of hydrogen-bond donors (Lipinski definition) is 1. The van der Waals surface area contributed by atoms with Crippen LogP contribution < -0.4 is 0 Å². The number of ether oxygens (including phenoxy) is 4. The standard InChI is InChI=1S/C24H40O7/c1-2-3-4-5-6-7-8-9-10-11-12-13-14-15-20(26)30-18-19(25)21-22-23(24(27)31-21)29-17-16-28-22/h19,21,25H,2-18H2,1H3/t19-,21+/m0/s1. The van der Waals surface area contributed by atoms with E-state index in [1.807, 2.05) is 0 Å². The molecule has 31 heavy (non-hydrogen) atoms. The van der Waals surface area contributed by atoms with Crippen LogP contribution in [0.5, 0.6) is 0 Å². The average molecular weight is 441 g/mol. The molecule has 0 radical (unpaired) electrons. The van der Waals surface area contributed by atoms with Gasteiger partial charge in [0.05, 0.1) is 0 Å². The summed E-state index contributed by atoms with van der Waals surface area (Å²) in [4.78, 5) is 23.6. The van der Waals surface area contributed by atoms with Crippen LogP contribution in [0.25, 0.3) is 0 Å². The average Bonchev–Trinajstić information content (AvgIpc) is 3.12. The highest BCUT2D eigenvalue weighted by Crippen LogP contribution is 2.29. The Labute approximate surface area is 186 Å². The van der Waals surface area contributed by atoms with Crippen molar-refractivity contribution in [1.29, 1.82) is 0 Å². The Balaban J connectivity index is 1.43. The monoisotopic (exact) mass is 440 g/mol. The number of rotatable bonds is 17. The van der Waals surface area contributed by atoms with E-state index in [9.17, 15) is 14.7 Å². The van der Waals surface area contributed by atoms with Gasteiger partial charge >= 0.3 is 11.9 Å². The van der Waals surface area contributed by atoms with E-state index in [0.29, 0.717) is 6.42 Å². The number of cyclic esters (lactones) is 1. The summed E-state index contributed by atoms with van der Waals surface area (Å²) in [5.41, 5.74) is 0. The molecule has 2 aliphatic heterocycles. The first-order valence-electron chi connectivity index (χ1n) is 12.2. The molecule has 0 saturated carbocycles. The van der Waals surface area contributed by atoms with Gasteiger partial charge in [-0.15, -0.1) is 0 Å². The molecule has 0 saturated heterocycles. The SMILES string of the molecule is CCCCCCCCCCCCCCCC(=O)OC[C@H](O)[C@H]1OC(=O)C2=C1OCCO2. The summed E-state index contributed by atoms with van der Waals surface area (Å²) in [6, 6.07) is 0. The highest BCUT2D eigenvalue weighted by atomic mass is 16.6. The Bertz CT molecular complexity index is 572. The van der Waals surface area contributed by atoms with Gasteiger partial charge in [0.25, 0.3) is 0 Å². The lowest BCUT2D eigenvalue weighted by molar-refractivity contribution is -0.154. The largest absolute Gasteiger partial charge is 0.486 e. The molecule has 7 nitrogen and oxygen atoms in total. The zero-order valence-electron chi connectivity index (χ0n) is 19.1. The second-order valence-electron chi connectivity index (χ2n) is 8.46. The first kappa shape index (κ1) is 25.5.